The molecule has 0 heterocycles. The zero-order valence-corrected chi connectivity index (χ0v) is 13.7. The minimum Gasteiger partial charge on any atom is -0.494 e. The first kappa shape index (κ1) is 19.7. The van der Waals surface area contributed by atoms with Crippen molar-refractivity contribution < 1.29 is 17.7 Å². The van der Waals surface area contributed by atoms with Gasteiger partial charge in [-0.1, -0.05) is 30.7 Å². The zero-order chi connectivity index (χ0) is 16.1. The van der Waals surface area contributed by atoms with Crippen LogP contribution in [0.3, 0.4) is 0 Å². The van der Waals surface area contributed by atoms with E-state index in [0.717, 1.165) is 25.0 Å². The first-order valence-electron chi connectivity index (χ1n) is 7.14. The minimum absolute atomic E-state index is 0.169. The molecule has 0 amide bonds. The van der Waals surface area contributed by atoms with Gasteiger partial charge in [-0.3, -0.25) is 4.55 Å². The van der Waals surface area contributed by atoms with Crippen LogP contribution in [-0.4, -0.2) is 25.3 Å². The van der Waals surface area contributed by atoms with Gasteiger partial charge in [-0.2, -0.15) is 8.42 Å². The smallest absolute Gasteiger partial charge is 0.264 e. The van der Waals surface area contributed by atoms with E-state index >= 15 is 0 Å². The molecule has 0 aromatic heterocycles. The highest BCUT2D eigenvalue weighted by atomic mass is 32.2. The third kappa shape index (κ3) is 13.4. The van der Waals surface area contributed by atoms with Gasteiger partial charge in [0, 0.05) is 0 Å². The molecule has 0 bridgehead atoms. The summed E-state index contributed by atoms with van der Waals surface area (Å²) < 4.78 is 34.9. The van der Waals surface area contributed by atoms with Crippen LogP contribution in [0, 0.1) is 6.92 Å². The minimum atomic E-state index is -3.81. The molecule has 1 N–H and O–H groups in total. The maximum Gasteiger partial charge on any atom is 0.264 e. The lowest BCUT2D eigenvalue weighted by molar-refractivity contribution is 0.306. The first-order valence-corrected chi connectivity index (χ1v) is 8.75. The summed E-state index contributed by atoms with van der Waals surface area (Å²) in [6, 6.07) is 7.78. The lowest BCUT2D eigenvalue weighted by atomic mass is 10.2. The molecule has 0 atom stereocenters. The average Bonchev–Trinajstić information content (AvgIpc) is 2.44. The fourth-order valence-corrected chi connectivity index (χ4v) is 1.96. The summed E-state index contributed by atoms with van der Waals surface area (Å²) >= 11 is 0. The van der Waals surface area contributed by atoms with Crippen molar-refractivity contribution >= 4 is 10.1 Å². The number of ether oxygens (including phenoxy) is 1. The highest BCUT2D eigenvalue weighted by molar-refractivity contribution is 7.85. The highest BCUT2D eigenvalue weighted by Gasteiger charge is 2.03. The largest absolute Gasteiger partial charge is 0.494 e. The summed E-state index contributed by atoms with van der Waals surface area (Å²) in [7, 11) is -3.81. The van der Waals surface area contributed by atoms with E-state index in [1.807, 2.05) is 37.3 Å². The van der Waals surface area contributed by atoms with Crippen LogP contribution in [0.4, 0.5) is 0 Å². The van der Waals surface area contributed by atoms with Crippen LogP contribution in [0.5, 0.6) is 5.75 Å². The van der Waals surface area contributed by atoms with Gasteiger partial charge in [-0.05, 0) is 44.7 Å². The highest BCUT2D eigenvalue weighted by Crippen LogP contribution is 2.12. The Morgan fingerprint density at radius 2 is 1.76 bits per heavy atom. The van der Waals surface area contributed by atoms with Crippen molar-refractivity contribution in [3.8, 4) is 5.75 Å². The maximum atomic E-state index is 10.4. The van der Waals surface area contributed by atoms with E-state index in [1.165, 1.54) is 5.56 Å². The second-order valence-corrected chi connectivity index (χ2v) is 6.28. The van der Waals surface area contributed by atoms with Crippen molar-refractivity contribution in [2.45, 2.75) is 39.5 Å². The topological polar surface area (TPSA) is 63.6 Å². The Morgan fingerprint density at radius 1 is 1.19 bits per heavy atom. The Hall–Kier alpha value is -1.33. The van der Waals surface area contributed by atoms with E-state index in [0.29, 0.717) is 13.0 Å². The van der Waals surface area contributed by atoms with E-state index in [-0.39, 0.29) is 5.75 Å². The second kappa shape index (κ2) is 11.3. The Labute approximate surface area is 128 Å². The molecule has 0 aliphatic heterocycles. The van der Waals surface area contributed by atoms with Gasteiger partial charge in [-0.25, -0.2) is 0 Å². The second-order valence-electron chi connectivity index (χ2n) is 4.71. The van der Waals surface area contributed by atoms with E-state index in [9.17, 15) is 8.42 Å². The van der Waals surface area contributed by atoms with E-state index < -0.39 is 10.1 Å². The lowest BCUT2D eigenvalue weighted by Crippen LogP contribution is -2.04. The summed E-state index contributed by atoms with van der Waals surface area (Å²) in [5, 5.41) is 0. The van der Waals surface area contributed by atoms with Crippen molar-refractivity contribution in [1.82, 2.24) is 0 Å². The van der Waals surface area contributed by atoms with E-state index in [4.69, 9.17) is 9.29 Å². The fraction of sp³-hybridized carbons (Fsp3) is 0.500. The van der Waals surface area contributed by atoms with Crippen LogP contribution in [-0.2, 0) is 10.1 Å². The molecule has 0 aliphatic rings. The Kier molecular flexibility index (Phi) is 10.6. The van der Waals surface area contributed by atoms with Crippen LogP contribution < -0.4 is 4.74 Å². The first-order chi connectivity index (χ1) is 9.89. The molecule has 1 rings (SSSR count). The summed E-state index contributed by atoms with van der Waals surface area (Å²) in [6.07, 6.45) is 4.94. The molecule has 5 heteroatoms. The molecule has 21 heavy (non-hydrogen) atoms. The molecule has 0 saturated carbocycles. The number of benzene rings is 1. The fourth-order valence-electron chi connectivity index (χ4n) is 1.39. The normalized spacial score (nSPS) is 10.4. The van der Waals surface area contributed by atoms with Crippen LogP contribution in [0.25, 0.3) is 0 Å². The number of allylic oxidation sites excluding steroid dienone is 1. The van der Waals surface area contributed by atoms with Crippen molar-refractivity contribution in [2.75, 3.05) is 12.4 Å². The van der Waals surface area contributed by atoms with Crippen LogP contribution in [0.2, 0.25) is 0 Å². The maximum absolute atomic E-state index is 10.4. The van der Waals surface area contributed by atoms with Gasteiger partial charge in [0.25, 0.3) is 10.1 Å². The van der Waals surface area contributed by atoms with E-state index in [2.05, 4.69) is 13.5 Å². The Morgan fingerprint density at radius 3 is 2.24 bits per heavy atom. The predicted octanol–water partition coefficient (Wildman–Crippen LogP) is 4.01. The van der Waals surface area contributed by atoms with Gasteiger partial charge in [0.2, 0.25) is 0 Å². The summed E-state index contributed by atoms with van der Waals surface area (Å²) in [6.45, 7) is 8.12. The van der Waals surface area contributed by atoms with Gasteiger partial charge < -0.3 is 4.74 Å². The summed E-state index contributed by atoms with van der Waals surface area (Å²) in [4.78, 5) is 0. The van der Waals surface area contributed by atoms with Gasteiger partial charge >= 0.3 is 0 Å². The van der Waals surface area contributed by atoms with E-state index in [1.54, 1.807) is 0 Å². The predicted molar refractivity (Wildman–Crippen MR) is 87.4 cm³/mol. The van der Waals surface area contributed by atoms with Crippen molar-refractivity contribution in [1.29, 1.82) is 0 Å². The molecular weight excluding hydrogens is 288 g/mol. The Balaban J connectivity index is 0.000000885. The number of rotatable bonds is 8. The molecule has 1 aromatic carbocycles. The number of hydrogen-bond acceptors (Lipinski definition) is 3. The third-order valence-electron chi connectivity index (χ3n) is 2.63. The molecule has 120 valence electrons. The van der Waals surface area contributed by atoms with Crippen LogP contribution in [0.1, 0.15) is 38.2 Å². The quantitative estimate of drug-likeness (QED) is 0.447. The molecule has 0 spiro atoms. The van der Waals surface area contributed by atoms with Crippen molar-refractivity contribution in [3.05, 3.63) is 42.5 Å². The lowest BCUT2D eigenvalue weighted by Gasteiger charge is -2.05. The molecule has 0 unspecified atom stereocenters. The molecule has 0 radical (unpaired) electrons. The number of aryl methyl sites for hydroxylation is 1. The monoisotopic (exact) mass is 314 g/mol. The third-order valence-corrected chi connectivity index (χ3v) is 3.43. The molecule has 0 aliphatic carbocycles. The summed E-state index contributed by atoms with van der Waals surface area (Å²) in [5.74, 6) is 0.655. The molecular formula is C16H26O4S. The molecule has 4 nitrogen and oxygen atoms in total. The molecule has 0 saturated heterocycles. The Bertz CT molecular complexity index is 478. The van der Waals surface area contributed by atoms with Gasteiger partial charge in [0.1, 0.15) is 5.75 Å². The molecule has 1 aromatic rings. The van der Waals surface area contributed by atoms with Crippen molar-refractivity contribution in [2.24, 2.45) is 0 Å². The van der Waals surface area contributed by atoms with Gasteiger partial charge in [0.05, 0.1) is 12.4 Å². The zero-order valence-electron chi connectivity index (χ0n) is 12.9. The standard InChI is InChI=1S/C12H18O4S.C4H8/c1-11-5-7-12(8-6-11)16-9-3-2-4-10-17(13,14)15;1-3-4-2/h5-8H,2-4,9-10H2,1H3,(H,13,14,15);3H,1,4H2,2H3. The summed E-state index contributed by atoms with van der Waals surface area (Å²) in [5.41, 5.74) is 1.19. The number of unbranched alkanes of at least 4 members (excludes halogenated alkanes) is 2. The molecule has 0 fully saturated rings. The average molecular weight is 314 g/mol. The van der Waals surface area contributed by atoms with Gasteiger partial charge in [0.15, 0.2) is 0 Å². The SMILES string of the molecule is C=CCC.Cc1ccc(OCCCCCS(=O)(=O)O)cc1. The van der Waals surface area contributed by atoms with Gasteiger partial charge in [-0.15, -0.1) is 6.58 Å². The number of hydrogen-bond donors (Lipinski definition) is 1. The van der Waals surface area contributed by atoms with Crippen molar-refractivity contribution in [3.63, 3.8) is 0 Å². The van der Waals surface area contributed by atoms with Crippen LogP contribution in [0.15, 0.2) is 36.9 Å². The van der Waals surface area contributed by atoms with Crippen LogP contribution >= 0.6 is 0 Å².